The van der Waals surface area contributed by atoms with E-state index in [1.165, 1.54) is 0 Å². The van der Waals surface area contributed by atoms with Crippen molar-refractivity contribution in [2.45, 2.75) is 0 Å². The van der Waals surface area contributed by atoms with Crippen molar-refractivity contribution in [3.8, 4) is 0 Å². The first-order valence-corrected chi connectivity index (χ1v) is 2.35. The third-order valence-corrected chi connectivity index (χ3v) is 0.667. The lowest BCUT2D eigenvalue weighted by atomic mass is 10.4. The van der Waals surface area contributed by atoms with Gasteiger partial charge in [0.1, 0.15) is 0 Å². The maximum absolute atomic E-state index is 5.50. The van der Waals surface area contributed by atoms with Gasteiger partial charge in [-0.2, -0.15) is 0 Å². The molecule has 0 unspecified atom stereocenters. The second-order valence-corrected chi connectivity index (χ2v) is 1.15. The van der Waals surface area contributed by atoms with Crippen molar-refractivity contribution in [1.29, 1.82) is 5.41 Å². The summed E-state index contributed by atoms with van der Waals surface area (Å²) in [6.45, 7) is 2.50. The largest absolute Gasteiger partial charge is 0.317 e. The van der Waals surface area contributed by atoms with Crippen molar-refractivity contribution < 1.29 is 0 Å². The highest BCUT2D eigenvalue weighted by atomic mass is 14.2. The van der Waals surface area contributed by atoms with Crippen molar-refractivity contribution in [3.05, 3.63) is 36.4 Å². The van der Waals surface area contributed by atoms with Crippen LogP contribution in [0.1, 0.15) is 0 Å². The minimum Gasteiger partial charge on any atom is -0.317 e. The molecule has 42 valence electrons. The van der Waals surface area contributed by atoms with E-state index >= 15 is 0 Å². The van der Waals surface area contributed by atoms with Gasteiger partial charge in [0.2, 0.25) is 0 Å². The fourth-order valence-corrected chi connectivity index (χ4v) is 0.385. The standard InChI is InChI=1S/C6H6.CH3N/c1-2-4-6-5-3-1;1-2/h1-6H;2H,1H2. The smallest absolute Gasteiger partial charge is 0.0187 e. The van der Waals surface area contributed by atoms with Crippen LogP contribution in [0.5, 0.6) is 0 Å². The van der Waals surface area contributed by atoms with Crippen molar-refractivity contribution in [3.63, 3.8) is 0 Å². The molecule has 0 aliphatic carbocycles. The van der Waals surface area contributed by atoms with Crippen LogP contribution in [-0.2, 0) is 0 Å². The molecule has 1 N–H and O–H groups in total. The summed E-state index contributed by atoms with van der Waals surface area (Å²) in [5.41, 5.74) is 0. The van der Waals surface area contributed by atoms with Crippen LogP contribution in [0.3, 0.4) is 0 Å². The Bertz CT molecular complexity index is 87.2. The zero-order valence-corrected chi connectivity index (χ0v) is 4.67. The lowest BCUT2D eigenvalue weighted by Gasteiger charge is -1.69. The summed E-state index contributed by atoms with van der Waals surface area (Å²) in [5.74, 6) is 0. The Hall–Kier alpha value is -1.11. The van der Waals surface area contributed by atoms with Gasteiger partial charge in [-0.25, -0.2) is 0 Å². The molecule has 0 aliphatic rings. The Labute approximate surface area is 49.5 Å². The molecule has 0 atom stereocenters. The van der Waals surface area contributed by atoms with Gasteiger partial charge in [0.25, 0.3) is 0 Å². The van der Waals surface area contributed by atoms with Gasteiger partial charge >= 0.3 is 0 Å². The monoisotopic (exact) mass is 107 g/mol. The molecule has 1 heteroatoms. The van der Waals surface area contributed by atoms with Gasteiger partial charge < -0.3 is 5.41 Å². The van der Waals surface area contributed by atoms with Crippen molar-refractivity contribution in [2.24, 2.45) is 0 Å². The molecule has 1 rings (SSSR count). The predicted molar refractivity (Wildman–Crippen MR) is 36.3 cm³/mol. The molecule has 1 aromatic rings. The van der Waals surface area contributed by atoms with E-state index in [1.54, 1.807) is 0 Å². The average molecular weight is 107 g/mol. The third kappa shape index (κ3) is 3.09. The molecular formula is C7H9N. The van der Waals surface area contributed by atoms with Crippen LogP contribution < -0.4 is 0 Å². The van der Waals surface area contributed by atoms with Crippen LogP contribution in [0.25, 0.3) is 0 Å². The lowest BCUT2D eigenvalue weighted by molar-refractivity contribution is 1.61. The first kappa shape index (κ1) is 6.89. The normalized spacial score (nSPS) is 6.50. The molecule has 0 fully saturated rings. The Morgan fingerprint density at radius 2 is 0.750 bits per heavy atom. The Morgan fingerprint density at radius 1 is 0.625 bits per heavy atom. The third-order valence-electron chi connectivity index (χ3n) is 0.667. The molecular weight excluding hydrogens is 98.1 g/mol. The van der Waals surface area contributed by atoms with Gasteiger partial charge in [-0.15, -0.1) is 0 Å². The lowest BCUT2D eigenvalue weighted by Crippen LogP contribution is -1.47. The zero-order valence-electron chi connectivity index (χ0n) is 4.67. The summed E-state index contributed by atoms with van der Waals surface area (Å²) < 4.78 is 0. The van der Waals surface area contributed by atoms with Crippen LogP contribution in [0.2, 0.25) is 0 Å². The first-order valence-electron chi connectivity index (χ1n) is 2.35. The fourth-order valence-electron chi connectivity index (χ4n) is 0.385. The van der Waals surface area contributed by atoms with Crippen molar-refractivity contribution in [2.75, 3.05) is 0 Å². The van der Waals surface area contributed by atoms with Crippen molar-refractivity contribution >= 4 is 6.72 Å². The number of hydrogen-bond donors (Lipinski definition) is 1. The molecule has 1 aromatic carbocycles. The van der Waals surface area contributed by atoms with E-state index in [2.05, 4.69) is 6.72 Å². The van der Waals surface area contributed by atoms with Gasteiger partial charge in [0.05, 0.1) is 0 Å². The molecule has 0 aromatic heterocycles. The van der Waals surface area contributed by atoms with E-state index in [9.17, 15) is 0 Å². The summed E-state index contributed by atoms with van der Waals surface area (Å²) in [7, 11) is 0. The summed E-state index contributed by atoms with van der Waals surface area (Å²) in [5, 5.41) is 5.50. The molecule has 0 saturated heterocycles. The molecule has 0 saturated carbocycles. The molecule has 1 nitrogen and oxygen atoms in total. The molecule has 0 spiro atoms. The molecule has 8 heavy (non-hydrogen) atoms. The van der Waals surface area contributed by atoms with E-state index in [0.717, 1.165) is 0 Å². The zero-order chi connectivity index (χ0) is 6.24. The number of hydrogen-bond acceptors (Lipinski definition) is 1. The molecule has 0 aliphatic heterocycles. The van der Waals surface area contributed by atoms with Crippen LogP contribution in [0, 0.1) is 5.41 Å². The number of benzene rings is 1. The van der Waals surface area contributed by atoms with Gasteiger partial charge in [-0.05, 0) is 6.72 Å². The summed E-state index contributed by atoms with van der Waals surface area (Å²) in [6, 6.07) is 12.0. The maximum atomic E-state index is 5.50. The van der Waals surface area contributed by atoms with E-state index in [4.69, 9.17) is 5.41 Å². The Morgan fingerprint density at radius 3 is 0.875 bits per heavy atom. The van der Waals surface area contributed by atoms with Gasteiger partial charge in [-0.1, -0.05) is 36.4 Å². The van der Waals surface area contributed by atoms with Crippen LogP contribution in [0.15, 0.2) is 36.4 Å². The summed E-state index contributed by atoms with van der Waals surface area (Å²) in [6.07, 6.45) is 0. The van der Waals surface area contributed by atoms with Crippen molar-refractivity contribution in [1.82, 2.24) is 0 Å². The Kier molecular flexibility index (Phi) is 5.07. The fraction of sp³-hybridized carbons (Fsp3) is 0. The van der Waals surface area contributed by atoms with Gasteiger partial charge in [0.15, 0.2) is 0 Å². The molecule has 0 radical (unpaired) electrons. The maximum Gasteiger partial charge on any atom is -0.0187 e. The van der Waals surface area contributed by atoms with E-state index in [0.29, 0.717) is 0 Å². The minimum absolute atomic E-state index is 2.00. The van der Waals surface area contributed by atoms with Gasteiger partial charge in [0, 0.05) is 0 Å². The quantitative estimate of drug-likeness (QED) is 0.490. The topological polar surface area (TPSA) is 23.9 Å². The second-order valence-electron chi connectivity index (χ2n) is 1.15. The van der Waals surface area contributed by atoms with E-state index in [1.807, 2.05) is 36.4 Å². The number of rotatable bonds is 0. The highest BCUT2D eigenvalue weighted by molar-refractivity contribution is 5.15. The average Bonchev–Trinajstić information content (AvgIpc) is 1.96. The summed E-state index contributed by atoms with van der Waals surface area (Å²) in [4.78, 5) is 0. The minimum atomic E-state index is 2.00. The van der Waals surface area contributed by atoms with E-state index in [-0.39, 0.29) is 0 Å². The highest BCUT2D eigenvalue weighted by Gasteiger charge is 1.57. The second kappa shape index (κ2) is 5.89. The predicted octanol–water partition coefficient (Wildman–Crippen LogP) is 1.95. The van der Waals surface area contributed by atoms with E-state index < -0.39 is 0 Å². The van der Waals surface area contributed by atoms with Gasteiger partial charge in [-0.3, -0.25) is 0 Å². The molecule has 0 amide bonds. The first-order chi connectivity index (χ1) is 4.00. The van der Waals surface area contributed by atoms with Crippen LogP contribution in [-0.4, -0.2) is 6.72 Å². The SMILES string of the molecule is C=N.c1ccccc1. The van der Waals surface area contributed by atoms with Crippen LogP contribution in [0.4, 0.5) is 0 Å². The molecule has 0 heterocycles. The highest BCUT2D eigenvalue weighted by Crippen LogP contribution is 1.79. The van der Waals surface area contributed by atoms with Crippen LogP contribution >= 0.6 is 0 Å². The number of nitrogens with one attached hydrogen (secondary N) is 1. The summed E-state index contributed by atoms with van der Waals surface area (Å²) >= 11 is 0. The Balaban J connectivity index is 0.000000222. The molecule has 0 bridgehead atoms.